The molecule has 17 heavy (non-hydrogen) atoms. The minimum absolute atomic E-state index is 0.115. The molecule has 1 rings (SSSR count). The van der Waals surface area contributed by atoms with E-state index in [4.69, 9.17) is 16.7 Å². The van der Waals surface area contributed by atoms with Crippen molar-refractivity contribution in [3.05, 3.63) is 34.9 Å². The Morgan fingerprint density at radius 2 is 2.00 bits per heavy atom. The Kier molecular flexibility index (Phi) is 4.66. The molecule has 0 radical (unpaired) electrons. The number of alkyl halides is 1. The Hall–Kier alpha value is -1.39. The predicted octanol–water partition coefficient (Wildman–Crippen LogP) is 2.14. The van der Waals surface area contributed by atoms with E-state index in [0.717, 1.165) is 0 Å². The number of hydrogen-bond acceptors (Lipinski definition) is 3. The molecule has 2 N–H and O–H groups in total. The molecule has 1 aromatic carbocycles. The van der Waals surface area contributed by atoms with Crippen LogP contribution in [0.3, 0.4) is 0 Å². The second-order valence-corrected chi connectivity index (χ2v) is 3.88. The first-order valence-electron chi connectivity index (χ1n) is 5.13. The van der Waals surface area contributed by atoms with E-state index in [-0.39, 0.29) is 17.2 Å². The van der Waals surface area contributed by atoms with Gasteiger partial charge in [-0.05, 0) is 23.3 Å². The average Bonchev–Trinajstić information content (AvgIpc) is 2.35. The number of carboxylic acids is 1. The van der Waals surface area contributed by atoms with Gasteiger partial charge < -0.3 is 10.2 Å². The number of aliphatic hydroxyl groups is 1. The van der Waals surface area contributed by atoms with Crippen molar-refractivity contribution in [3.8, 4) is 0 Å². The lowest BCUT2D eigenvalue weighted by atomic mass is 9.99. The van der Waals surface area contributed by atoms with Crippen molar-refractivity contribution >= 4 is 23.4 Å². The molecule has 1 atom stereocenters. The molecule has 1 unspecified atom stereocenters. The molecule has 0 spiro atoms. The van der Waals surface area contributed by atoms with Crippen molar-refractivity contribution in [2.75, 3.05) is 0 Å². The van der Waals surface area contributed by atoms with Gasteiger partial charge in [-0.15, -0.1) is 11.6 Å². The van der Waals surface area contributed by atoms with Gasteiger partial charge in [0.25, 0.3) is 0 Å². The third-order valence-electron chi connectivity index (χ3n) is 2.36. The molecule has 0 heterocycles. The van der Waals surface area contributed by atoms with Crippen LogP contribution in [0.4, 0.5) is 0 Å². The van der Waals surface area contributed by atoms with Crippen molar-refractivity contribution in [2.45, 2.75) is 25.3 Å². The fourth-order valence-corrected chi connectivity index (χ4v) is 1.62. The Labute approximate surface area is 104 Å². The van der Waals surface area contributed by atoms with Gasteiger partial charge in [0.05, 0.1) is 0 Å². The van der Waals surface area contributed by atoms with Gasteiger partial charge in [-0.1, -0.05) is 13.0 Å². The summed E-state index contributed by atoms with van der Waals surface area (Å²) >= 11 is 5.66. The summed E-state index contributed by atoms with van der Waals surface area (Å²) in [7, 11) is 0. The number of rotatable bonds is 5. The first kappa shape index (κ1) is 13.7. The van der Waals surface area contributed by atoms with Crippen LogP contribution in [0.2, 0.25) is 0 Å². The van der Waals surface area contributed by atoms with Crippen LogP contribution in [0.1, 0.15) is 40.9 Å². The molecule has 1 aromatic rings. The van der Waals surface area contributed by atoms with Gasteiger partial charge in [0.1, 0.15) is 0 Å². The van der Waals surface area contributed by atoms with Gasteiger partial charge in [-0.2, -0.15) is 0 Å². The van der Waals surface area contributed by atoms with E-state index < -0.39 is 12.1 Å². The lowest BCUT2D eigenvalue weighted by Crippen LogP contribution is -2.12. The maximum atomic E-state index is 11.6. The van der Waals surface area contributed by atoms with Gasteiger partial charge in [0.2, 0.25) is 0 Å². The summed E-state index contributed by atoms with van der Waals surface area (Å²) < 4.78 is 0. The lowest BCUT2D eigenvalue weighted by Gasteiger charge is -2.10. The van der Waals surface area contributed by atoms with Gasteiger partial charge >= 0.3 is 5.97 Å². The Bertz CT molecular complexity index is 442. The van der Waals surface area contributed by atoms with Crippen LogP contribution in [0, 0.1) is 0 Å². The fraction of sp³-hybridized carbons (Fsp3) is 0.333. The topological polar surface area (TPSA) is 74.6 Å². The molecular weight excluding hydrogens is 244 g/mol. The van der Waals surface area contributed by atoms with Gasteiger partial charge in [-0.25, -0.2) is 4.79 Å². The number of ketones is 1. The summed E-state index contributed by atoms with van der Waals surface area (Å²) in [6.45, 7) is 1.71. The highest BCUT2D eigenvalue weighted by molar-refractivity contribution is 6.17. The second-order valence-electron chi connectivity index (χ2n) is 3.61. The summed E-state index contributed by atoms with van der Waals surface area (Å²) in [5, 5.41) is 18.2. The highest BCUT2D eigenvalue weighted by atomic mass is 35.5. The molecule has 0 aromatic heterocycles. The zero-order chi connectivity index (χ0) is 13.0. The molecule has 0 aliphatic heterocycles. The van der Waals surface area contributed by atoms with Gasteiger partial charge in [-0.3, -0.25) is 4.79 Å². The van der Waals surface area contributed by atoms with Crippen LogP contribution in [0.15, 0.2) is 18.2 Å². The number of Topliss-reactive ketones (excluding diaryl/α,β-unsaturated/α-hetero) is 1. The molecule has 0 aliphatic rings. The Morgan fingerprint density at radius 3 is 2.47 bits per heavy atom. The second kappa shape index (κ2) is 5.80. The van der Waals surface area contributed by atoms with E-state index in [1.807, 2.05) is 0 Å². The van der Waals surface area contributed by atoms with Crippen LogP contribution < -0.4 is 0 Å². The van der Waals surface area contributed by atoms with Crippen LogP contribution in [0.5, 0.6) is 0 Å². The normalized spacial score (nSPS) is 12.2. The van der Waals surface area contributed by atoms with Crippen molar-refractivity contribution in [1.82, 2.24) is 0 Å². The van der Waals surface area contributed by atoms with Gasteiger partial charge in [0.15, 0.2) is 11.9 Å². The number of benzene rings is 1. The zero-order valence-electron chi connectivity index (χ0n) is 9.31. The maximum Gasteiger partial charge on any atom is 0.337 e. The molecule has 0 bridgehead atoms. The first-order chi connectivity index (χ1) is 7.99. The van der Waals surface area contributed by atoms with Crippen LogP contribution in [0.25, 0.3) is 0 Å². The van der Waals surface area contributed by atoms with E-state index in [2.05, 4.69) is 0 Å². The van der Waals surface area contributed by atoms with E-state index in [0.29, 0.717) is 17.5 Å². The highest BCUT2D eigenvalue weighted by Crippen LogP contribution is 2.20. The Balaban J connectivity index is 3.22. The SMILES string of the molecule is CCC(=O)c1cc(CCl)cc(C(O)C(=O)O)c1. The molecule has 0 saturated heterocycles. The van der Waals surface area contributed by atoms with Gasteiger partial charge in [0, 0.05) is 17.9 Å². The van der Waals surface area contributed by atoms with E-state index >= 15 is 0 Å². The molecule has 0 aliphatic carbocycles. The first-order valence-corrected chi connectivity index (χ1v) is 5.67. The fourth-order valence-electron chi connectivity index (χ4n) is 1.46. The Morgan fingerprint density at radius 1 is 1.35 bits per heavy atom. The minimum atomic E-state index is -1.64. The number of carboxylic acid groups (broad SMARTS) is 1. The monoisotopic (exact) mass is 256 g/mol. The number of hydrogen-bond donors (Lipinski definition) is 2. The summed E-state index contributed by atoms with van der Waals surface area (Å²) in [6.07, 6.45) is -1.32. The standard InChI is InChI=1S/C12H13ClO4/c1-2-10(14)8-3-7(6-13)4-9(5-8)11(15)12(16)17/h3-5,11,15H,2,6H2,1H3,(H,16,17). The molecule has 0 saturated carbocycles. The number of aliphatic carboxylic acids is 1. The zero-order valence-corrected chi connectivity index (χ0v) is 10.1. The largest absolute Gasteiger partial charge is 0.479 e. The lowest BCUT2D eigenvalue weighted by molar-refractivity contribution is -0.146. The van der Waals surface area contributed by atoms with E-state index in [1.165, 1.54) is 12.1 Å². The summed E-state index contributed by atoms with van der Waals surface area (Å²) in [6, 6.07) is 4.48. The van der Waals surface area contributed by atoms with Crippen molar-refractivity contribution < 1.29 is 19.8 Å². The van der Waals surface area contributed by atoms with Crippen LogP contribution in [-0.2, 0) is 10.7 Å². The third-order valence-corrected chi connectivity index (χ3v) is 2.67. The molecule has 4 nitrogen and oxygen atoms in total. The molecule has 0 amide bonds. The summed E-state index contributed by atoms with van der Waals surface area (Å²) in [5.74, 6) is -1.31. The smallest absolute Gasteiger partial charge is 0.337 e. The predicted molar refractivity (Wildman–Crippen MR) is 63.2 cm³/mol. The van der Waals surface area contributed by atoms with Crippen molar-refractivity contribution in [1.29, 1.82) is 0 Å². The third kappa shape index (κ3) is 3.28. The number of carbonyl (C=O) groups excluding carboxylic acids is 1. The minimum Gasteiger partial charge on any atom is -0.479 e. The highest BCUT2D eigenvalue weighted by Gasteiger charge is 2.18. The molecule has 92 valence electrons. The average molecular weight is 257 g/mol. The van der Waals surface area contributed by atoms with Crippen LogP contribution >= 0.6 is 11.6 Å². The molecule has 0 fully saturated rings. The van der Waals surface area contributed by atoms with Crippen molar-refractivity contribution in [3.63, 3.8) is 0 Å². The number of aliphatic hydroxyl groups excluding tert-OH is 1. The van der Waals surface area contributed by atoms with Crippen molar-refractivity contribution in [2.24, 2.45) is 0 Å². The number of carbonyl (C=O) groups is 2. The number of halogens is 1. The molecule has 5 heteroatoms. The van der Waals surface area contributed by atoms with E-state index in [1.54, 1.807) is 13.0 Å². The molecular formula is C12H13ClO4. The van der Waals surface area contributed by atoms with Crippen LogP contribution in [-0.4, -0.2) is 22.0 Å². The quantitative estimate of drug-likeness (QED) is 0.625. The summed E-state index contributed by atoms with van der Waals surface area (Å²) in [5.41, 5.74) is 1.16. The van der Waals surface area contributed by atoms with E-state index in [9.17, 15) is 14.7 Å². The summed E-state index contributed by atoms with van der Waals surface area (Å²) in [4.78, 5) is 22.2. The maximum absolute atomic E-state index is 11.6.